The Bertz CT molecular complexity index is 742. The summed E-state index contributed by atoms with van der Waals surface area (Å²) in [6.45, 7) is 4.86. The van der Waals surface area contributed by atoms with E-state index in [0.29, 0.717) is 5.56 Å². The molecular weight excluding hydrogens is 362 g/mol. The summed E-state index contributed by atoms with van der Waals surface area (Å²) in [5.74, 6) is 0.589. The predicted molar refractivity (Wildman–Crippen MR) is 118 cm³/mol. The van der Waals surface area contributed by atoms with E-state index >= 15 is 0 Å². The molecule has 0 aliphatic heterocycles. The van der Waals surface area contributed by atoms with Crippen LogP contribution in [0.25, 0.3) is 0 Å². The zero-order valence-electron chi connectivity index (χ0n) is 17.7. The summed E-state index contributed by atoms with van der Waals surface area (Å²) in [5.41, 5.74) is 4.71. The van der Waals surface area contributed by atoms with Crippen molar-refractivity contribution in [2.75, 3.05) is 6.61 Å². The van der Waals surface area contributed by atoms with Gasteiger partial charge in [-0.2, -0.15) is 5.10 Å². The van der Waals surface area contributed by atoms with Gasteiger partial charge in [0.2, 0.25) is 0 Å². The molecule has 2 aromatic rings. The number of carbonyl (C=O) groups is 1. The third-order valence-electron chi connectivity index (χ3n) is 4.79. The number of benzene rings is 1. The smallest absolute Gasteiger partial charge is 0.272 e. The lowest BCUT2D eigenvalue weighted by Crippen LogP contribution is -2.19. The molecule has 5 heteroatoms. The highest BCUT2D eigenvalue weighted by atomic mass is 16.5. The van der Waals surface area contributed by atoms with Crippen molar-refractivity contribution >= 4 is 11.6 Å². The van der Waals surface area contributed by atoms with E-state index in [4.69, 9.17) is 4.74 Å². The summed E-state index contributed by atoms with van der Waals surface area (Å²) in [6.07, 6.45) is 13.5. The zero-order valence-corrected chi connectivity index (χ0v) is 17.7. The number of carbonyl (C=O) groups excluding carboxylic acids is 1. The van der Waals surface area contributed by atoms with Crippen LogP contribution < -0.4 is 10.2 Å². The van der Waals surface area contributed by atoms with Gasteiger partial charge in [0.05, 0.1) is 17.9 Å². The van der Waals surface area contributed by atoms with E-state index in [1.807, 2.05) is 31.2 Å². The highest BCUT2D eigenvalue weighted by Gasteiger charge is 2.04. The van der Waals surface area contributed by atoms with Crippen molar-refractivity contribution in [3.05, 3.63) is 59.9 Å². The highest BCUT2D eigenvalue weighted by Crippen LogP contribution is 2.14. The van der Waals surface area contributed by atoms with Crippen molar-refractivity contribution in [1.29, 1.82) is 0 Å². The Morgan fingerprint density at radius 1 is 0.966 bits per heavy atom. The van der Waals surface area contributed by atoms with Gasteiger partial charge in [-0.15, -0.1) is 0 Å². The highest BCUT2D eigenvalue weighted by molar-refractivity contribution is 6.00. The number of aromatic nitrogens is 1. The third-order valence-corrected chi connectivity index (χ3v) is 4.79. The van der Waals surface area contributed by atoms with E-state index in [0.717, 1.165) is 30.1 Å². The number of amides is 1. The molecule has 0 aliphatic carbocycles. The molecule has 0 aliphatic rings. The van der Waals surface area contributed by atoms with Crippen LogP contribution in [0.4, 0.5) is 0 Å². The fraction of sp³-hybridized carbons (Fsp3) is 0.458. The topological polar surface area (TPSA) is 63.6 Å². The molecule has 2 rings (SSSR count). The molecule has 1 heterocycles. The van der Waals surface area contributed by atoms with Crippen molar-refractivity contribution in [3.8, 4) is 5.75 Å². The normalized spacial score (nSPS) is 11.3. The molecule has 5 nitrogen and oxygen atoms in total. The molecule has 1 aromatic carbocycles. The Morgan fingerprint density at radius 3 is 2.31 bits per heavy atom. The van der Waals surface area contributed by atoms with Crippen LogP contribution in [0.3, 0.4) is 0 Å². The van der Waals surface area contributed by atoms with Gasteiger partial charge in [0.1, 0.15) is 5.75 Å². The summed E-state index contributed by atoms with van der Waals surface area (Å²) in [5, 5.41) is 4.17. The second-order valence-electron chi connectivity index (χ2n) is 7.23. The number of nitrogens with zero attached hydrogens (tertiary/aromatic N) is 2. The van der Waals surface area contributed by atoms with E-state index in [1.54, 1.807) is 18.3 Å². The fourth-order valence-electron chi connectivity index (χ4n) is 2.98. The van der Waals surface area contributed by atoms with Gasteiger partial charge < -0.3 is 4.74 Å². The second kappa shape index (κ2) is 13.5. The molecule has 0 fully saturated rings. The number of nitrogens with one attached hydrogen (secondary N) is 1. The van der Waals surface area contributed by atoms with E-state index in [1.165, 1.54) is 51.1 Å². The molecule has 0 atom stereocenters. The van der Waals surface area contributed by atoms with Crippen molar-refractivity contribution < 1.29 is 9.53 Å². The number of ether oxygens (including phenoxy) is 1. The number of hydrogen-bond donors (Lipinski definition) is 1. The van der Waals surface area contributed by atoms with E-state index in [-0.39, 0.29) is 5.91 Å². The van der Waals surface area contributed by atoms with E-state index in [9.17, 15) is 4.79 Å². The number of rotatable bonds is 13. The minimum absolute atomic E-state index is 0.275. The lowest BCUT2D eigenvalue weighted by atomic mass is 10.1. The lowest BCUT2D eigenvalue weighted by molar-refractivity contribution is 0.0954. The molecule has 0 bridgehead atoms. The first-order valence-corrected chi connectivity index (χ1v) is 10.7. The molecule has 156 valence electrons. The minimum atomic E-state index is -0.275. The summed E-state index contributed by atoms with van der Waals surface area (Å²) >= 11 is 0. The Morgan fingerprint density at radius 2 is 1.66 bits per heavy atom. The second-order valence-corrected chi connectivity index (χ2v) is 7.23. The molecule has 1 amide bonds. The molecular formula is C24H33N3O2. The first-order chi connectivity index (χ1) is 14.2. The first-order valence-electron chi connectivity index (χ1n) is 10.7. The number of hydrogen-bond acceptors (Lipinski definition) is 4. The number of hydrazone groups is 1. The average molecular weight is 396 g/mol. The van der Waals surface area contributed by atoms with Gasteiger partial charge >= 0.3 is 0 Å². The van der Waals surface area contributed by atoms with Crippen molar-refractivity contribution in [3.63, 3.8) is 0 Å². The molecule has 0 radical (unpaired) electrons. The van der Waals surface area contributed by atoms with Crippen molar-refractivity contribution in [1.82, 2.24) is 10.4 Å². The van der Waals surface area contributed by atoms with Gasteiger partial charge in [-0.25, -0.2) is 5.43 Å². The maximum absolute atomic E-state index is 12.0. The largest absolute Gasteiger partial charge is 0.494 e. The van der Waals surface area contributed by atoms with Crippen LogP contribution in [0.15, 0.2) is 53.9 Å². The molecule has 29 heavy (non-hydrogen) atoms. The summed E-state index contributed by atoms with van der Waals surface area (Å²) < 4.78 is 5.83. The van der Waals surface area contributed by atoms with Gasteiger partial charge in [-0.1, -0.05) is 51.9 Å². The average Bonchev–Trinajstić information content (AvgIpc) is 2.77. The molecule has 0 spiro atoms. The Hall–Kier alpha value is -2.69. The third kappa shape index (κ3) is 8.90. The number of pyridine rings is 1. The number of unbranched alkanes of at least 4 members (excludes halogenated alkanes) is 7. The maximum Gasteiger partial charge on any atom is 0.272 e. The summed E-state index contributed by atoms with van der Waals surface area (Å²) in [7, 11) is 0. The van der Waals surface area contributed by atoms with Crippen LogP contribution in [0.1, 0.15) is 81.1 Å². The predicted octanol–water partition coefficient (Wildman–Crippen LogP) is 5.76. The molecule has 0 saturated heterocycles. The van der Waals surface area contributed by atoms with Gasteiger partial charge in [0.25, 0.3) is 5.91 Å². The first kappa shape index (κ1) is 22.6. The Labute approximate surface area is 174 Å². The van der Waals surface area contributed by atoms with Crippen molar-refractivity contribution in [2.45, 2.75) is 65.2 Å². The van der Waals surface area contributed by atoms with Gasteiger partial charge in [-0.3, -0.25) is 9.78 Å². The maximum atomic E-state index is 12.0. The van der Waals surface area contributed by atoms with Gasteiger partial charge in [-0.05, 0) is 55.3 Å². The van der Waals surface area contributed by atoms with E-state index < -0.39 is 0 Å². The van der Waals surface area contributed by atoms with Crippen LogP contribution in [-0.2, 0) is 0 Å². The Balaban J connectivity index is 1.67. The van der Waals surface area contributed by atoms with Gasteiger partial charge in [0.15, 0.2) is 0 Å². The Kier molecular flexibility index (Phi) is 10.5. The SMILES string of the molecule is CCCCCCCCCCOc1ccc(C(C)=NNC(=O)c2cccnc2)cc1. The van der Waals surface area contributed by atoms with Crippen LogP contribution in [0.2, 0.25) is 0 Å². The molecule has 1 N–H and O–H groups in total. The monoisotopic (exact) mass is 395 g/mol. The van der Waals surface area contributed by atoms with E-state index in [2.05, 4.69) is 22.4 Å². The summed E-state index contributed by atoms with van der Waals surface area (Å²) in [6, 6.07) is 11.2. The molecule has 0 saturated carbocycles. The quantitative estimate of drug-likeness (QED) is 0.267. The van der Waals surface area contributed by atoms with Crippen molar-refractivity contribution in [2.24, 2.45) is 5.10 Å². The standard InChI is InChI=1S/C24H33N3O2/c1-3-4-5-6-7-8-9-10-18-29-23-15-13-21(14-16-23)20(2)26-27-24(28)22-12-11-17-25-19-22/h11-17,19H,3-10,18H2,1-2H3,(H,27,28). The molecule has 1 aromatic heterocycles. The zero-order chi connectivity index (χ0) is 20.7. The van der Waals surface area contributed by atoms with Gasteiger partial charge in [0, 0.05) is 12.4 Å². The van der Waals surface area contributed by atoms with Crippen LogP contribution >= 0.6 is 0 Å². The molecule has 0 unspecified atom stereocenters. The fourth-order valence-corrected chi connectivity index (χ4v) is 2.98. The summed E-state index contributed by atoms with van der Waals surface area (Å²) in [4.78, 5) is 15.9. The minimum Gasteiger partial charge on any atom is -0.494 e. The van der Waals surface area contributed by atoms with Crippen LogP contribution in [-0.4, -0.2) is 23.2 Å². The lowest BCUT2D eigenvalue weighted by Gasteiger charge is -2.08. The van der Waals surface area contributed by atoms with Crippen LogP contribution in [0.5, 0.6) is 5.75 Å². The van der Waals surface area contributed by atoms with Crippen LogP contribution in [0, 0.1) is 0 Å².